The Labute approximate surface area is 126 Å². The average molecular weight is 294 g/mol. The van der Waals surface area contributed by atoms with Gasteiger partial charge in [-0.05, 0) is 44.9 Å². The number of carbonyl (C=O) groups is 1. The zero-order valence-corrected chi connectivity index (χ0v) is 13.3. The van der Waals surface area contributed by atoms with Crippen molar-refractivity contribution >= 4 is 5.97 Å². The molecule has 0 aromatic heterocycles. The lowest BCUT2D eigenvalue weighted by Gasteiger charge is -2.30. The third kappa shape index (κ3) is 4.74. The minimum Gasteiger partial charge on any atom is -0.491 e. The SMILES string of the molecule is CCCCC(C(=O)O)C(C)(O)c1ccc(OC(C)C)cc1. The summed E-state index contributed by atoms with van der Waals surface area (Å²) in [5, 5.41) is 20.1. The van der Waals surface area contributed by atoms with Crippen molar-refractivity contribution in [2.45, 2.75) is 58.7 Å². The molecular weight excluding hydrogens is 268 g/mol. The highest BCUT2D eigenvalue weighted by atomic mass is 16.5. The van der Waals surface area contributed by atoms with Crippen LogP contribution in [-0.2, 0) is 10.4 Å². The number of aliphatic hydroxyl groups is 1. The van der Waals surface area contributed by atoms with E-state index in [4.69, 9.17) is 4.74 Å². The minimum absolute atomic E-state index is 0.0766. The first-order chi connectivity index (χ1) is 9.78. The molecule has 1 aromatic carbocycles. The van der Waals surface area contributed by atoms with E-state index in [-0.39, 0.29) is 6.10 Å². The van der Waals surface area contributed by atoms with Gasteiger partial charge in [0.1, 0.15) is 11.4 Å². The molecule has 0 amide bonds. The van der Waals surface area contributed by atoms with Crippen molar-refractivity contribution in [1.82, 2.24) is 0 Å². The molecule has 0 saturated carbocycles. The van der Waals surface area contributed by atoms with Crippen LogP contribution >= 0.6 is 0 Å². The lowest BCUT2D eigenvalue weighted by Crippen LogP contribution is -2.37. The highest BCUT2D eigenvalue weighted by Crippen LogP contribution is 2.34. The molecule has 2 unspecified atom stereocenters. The van der Waals surface area contributed by atoms with Crippen LogP contribution in [-0.4, -0.2) is 22.3 Å². The molecule has 4 heteroatoms. The van der Waals surface area contributed by atoms with E-state index < -0.39 is 17.5 Å². The van der Waals surface area contributed by atoms with Gasteiger partial charge in [0.25, 0.3) is 0 Å². The van der Waals surface area contributed by atoms with Gasteiger partial charge >= 0.3 is 5.97 Å². The van der Waals surface area contributed by atoms with Gasteiger partial charge in [-0.1, -0.05) is 31.9 Å². The van der Waals surface area contributed by atoms with E-state index in [0.29, 0.717) is 17.7 Å². The highest BCUT2D eigenvalue weighted by molar-refractivity contribution is 5.72. The van der Waals surface area contributed by atoms with Gasteiger partial charge in [-0.25, -0.2) is 0 Å². The molecule has 0 spiro atoms. The van der Waals surface area contributed by atoms with Crippen LogP contribution in [0.5, 0.6) is 5.75 Å². The molecule has 1 rings (SSSR count). The topological polar surface area (TPSA) is 66.8 Å². The standard InChI is InChI=1S/C17H26O4/c1-5-6-7-15(16(18)19)17(4,20)13-8-10-14(11-9-13)21-12(2)3/h8-12,15,20H,5-7H2,1-4H3,(H,18,19). The van der Waals surface area contributed by atoms with Gasteiger partial charge in [0.2, 0.25) is 0 Å². The Balaban J connectivity index is 2.95. The molecular formula is C17H26O4. The Bertz CT molecular complexity index is 448. The molecule has 0 radical (unpaired) electrons. The Hall–Kier alpha value is -1.55. The van der Waals surface area contributed by atoms with E-state index in [2.05, 4.69) is 0 Å². The lowest BCUT2D eigenvalue weighted by atomic mass is 9.80. The van der Waals surface area contributed by atoms with Crippen LogP contribution in [0, 0.1) is 5.92 Å². The number of unbranched alkanes of at least 4 members (excludes halogenated alkanes) is 1. The van der Waals surface area contributed by atoms with Gasteiger partial charge in [0, 0.05) is 0 Å². The van der Waals surface area contributed by atoms with Crippen LogP contribution in [0.4, 0.5) is 0 Å². The van der Waals surface area contributed by atoms with E-state index in [0.717, 1.165) is 12.8 Å². The summed E-state index contributed by atoms with van der Waals surface area (Å²) in [6.45, 7) is 7.45. The van der Waals surface area contributed by atoms with E-state index >= 15 is 0 Å². The van der Waals surface area contributed by atoms with E-state index in [1.807, 2.05) is 20.8 Å². The summed E-state index contributed by atoms with van der Waals surface area (Å²) in [7, 11) is 0. The number of rotatable bonds is 8. The van der Waals surface area contributed by atoms with Crippen molar-refractivity contribution in [2.24, 2.45) is 5.92 Å². The second-order valence-corrected chi connectivity index (χ2v) is 5.87. The fraction of sp³-hybridized carbons (Fsp3) is 0.588. The van der Waals surface area contributed by atoms with E-state index in [1.54, 1.807) is 31.2 Å². The van der Waals surface area contributed by atoms with Crippen molar-refractivity contribution in [1.29, 1.82) is 0 Å². The molecule has 1 aromatic rings. The normalized spacial score (nSPS) is 15.5. The second kappa shape index (κ2) is 7.46. The lowest BCUT2D eigenvalue weighted by molar-refractivity contribution is -0.152. The van der Waals surface area contributed by atoms with Crippen molar-refractivity contribution in [3.8, 4) is 5.75 Å². The van der Waals surface area contributed by atoms with E-state index in [9.17, 15) is 15.0 Å². The summed E-state index contributed by atoms with van der Waals surface area (Å²) in [5.74, 6) is -1.06. The zero-order chi connectivity index (χ0) is 16.0. The minimum atomic E-state index is -1.39. The van der Waals surface area contributed by atoms with Crippen LogP contribution in [0.1, 0.15) is 52.5 Å². The Kier molecular flexibility index (Phi) is 6.21. The summed E-state index contributed by atoms with van der Waals surface area (Å²) in [6.07, 6.45) is 2.22. The summed E-state index contributed by atoms with van der Waals surface area (Å²) in [5.41, 5.74) is -0.792. The maximum absolute atomic E-state index is 11.5. The van der Waals surface area contributed by atoms with Gasteiger partial charge in [0.15, 0.2) is 0 Å². The fourth-order valence-corrected chi connectivity index (χ4v) is 2.40. The summed E-state index contributed by atoms with van der Waals surface area (Å²) in [6, 6.07) is 7.00. The monoisotopic (exact) mass is 294 g/mol. The van der Waals surface area contributed by atoms with Crippen LogP contribution in [0.2, 0.25) is 0 Å². The zero-order valence-electron chi connectivity index (χ0n) is 13.3. The molecule has 0 heterocycles. The van der Waals surface area contributed by atoms with E-state index in [1.165, 1.54) is 0 Å². The highest BCUT2D eigenvalue weighted by Gasteiger charge is 2.38. The number of hydrogen-bond acceptors (Lipinski definition) is 3. The predicted molar refractivity (Wildman–Crippen MR) is 82.4 cm³/mol. The van der Waals surface area contributed by atoms with Crippen molar-refractivity contribution < 1.29 is 19.7 Å². The summed E-state index contributed by atoms with van der Waals surface area (Å²) < 4.78 is 5.56. The number of hydrogen-bond donors (Lipinski definition) is 2. The molecule has 0 aliphatic carbocycles. The molecule has 4 nitrogen and oxygen atoms in total. The van der Waals surface area contributed by atoms with Gasteiger partial charge in [-0.15, -0.1) is 0 Å². The van der Waals surface area contributed by atoms with Crippen LogP contribution in [0.25, 0.3) is 0 Å². The number of aliphatic carboxylic acids is 1. The average Bonchev–Trinajstić information content (AvgIpc) is 2.38. The summed E-state index contributed by atoms with van der Waals surface area (Å²) >= 11 is 0. The fourth-order valence-electron chi connectivity index (χ4n) is 2.40. The maximum atomic E-state index is 11.5. The van der Waals surface area contributed by atoms with Crippen molar-refractivity contribution in [3.05, 3.63) is 29.8 Å². The van der Waals surface area contributed by atoms with Gasteiger partial charge in [-0.3, -0.25) is 4.79 Å². The molecule has 2 atom stereocenters. The van der Waals surface area contributed by atoms with Crippen molar-refractivity contribution in [2.75, 3.05) is 0 Å². The summed E-state index contributed by atoms with van der Waals surface area (Å²) in [4.78, 5) is 11.5. The third-order valence-corrected chi connectivity index (χ3v) is 3.63. The quantitative estimate of drug-likeness (QED) is 0.769. The first-order valence-electron chi connectivity index (χ1n) is 7.51. The Morgan fingerprint density at radius 2 is 1.86 bits per heavy atom. The largest absolute Gasteiger partial charge is 0.491 e. The maximum Gasteiger partial charge on any atom is 0.309 e. The molecule has 0 aliphatic heterocycles. The van der Waals surface area contributed by atoms with Gasteiger partial charge in [0.05, 0.1) is 12.0 Å². The number of benzene rings is 1. The van der Waals surface area contributed by atoms with Crippen LogP contribution in [0.3, 0.4) is 0 Å². The van der Waals surface area contributed by atoms with Crippen LogP contribution < -0.4 is 4.74 Å². The Morgan fingerprint density at radius 3 is 2.29 bits per heavy atom. The predicted octanol–water partition coefficient (Wildman–Crippen LogP) is 3.57. The van der Waals surface area contributed by atoms with Gasteiger partial charge < -0.3 is 14.9 Å². The molecule has 0 fully saturated rings. The van der Waals surface area contributed by atoms with Gasteiger partial charge in [-0.2, -0.15) is 0 Å². The number of carboxylic acids is 1. The second-order valence-electron chi connectivity index (χ2n) is 5.87. The molecule has 118 valence electrons. The molecule has 21 heavy (non-hydrogen) atoms. The first kappa shape index (κ1) is 17.5. The number of carboxylic acid groups (broad SMARTS) is 1. The molecule has 0 bridgehead atoms. The van der Waals surface area contributed by atoms with Crippen molar-refractivity contribution in [3.63, 3.8) is 0 Å². The number of ether oxygens (including phenoxy) is 1. The third-order valence-electron chi connectivity index (χ3n) is 3.63. The van der Waals surface area contributed by atoms with Crippen LogP contribution in [0.15, 0.2) is 24.3 Å². The Morgan fingerprint density at radius 1 is 1.29 bits per heavy atom. The molecule has 2 N–H and O–H groups in total. The smallest absolute Gasteiger partial charge is 0.309 e. The molecule has 0 saturated heterocycles. The molecule has 0 aliphatic rings. The first-order valence-corrected chi connectivity index (χ1v) is 7.51.